The van der Waals surface area contributed by atoms with E-state index in [2.05, 4.69) is 21.2 Å². The smallest absolute Gasteiger partial charge is 0.335 e. The summed E-state index contributed by atoms with van der Waals surface area (Å²) >= 11 is 3.49. The monoisotopic (exact) mass is 548 g/mol. The Morgan fingerprint density at radius 1 is 1.06 bits per heavy atom. The average Bonchev–Trinajstić information content (AvgIpc) is 2.84. The number of carbonyl (C=O) groups is 2. The molecule has 0 fully saturated rings. The fourth-order valence-electron chi connectivity index (χ4n) is 3.31. The molecule has 184 valence electrons. The molecule has 0 saturated heterocycles. The molecule has 8 heteroatoms. The van der Waals surface area contributed by atoms with Crippen molar-refractivity contribution in [1.29, 1.82) is 5.26 Å². The first-order chi connectivity index (χ1) is 17.2. The molecule has 36 heavy (non-hydrogen) atoms. The van der Waals surface area contributed by atoms with Crippen LogP contribution in [0.1, 0.15) is 39.5 Å². The minimum atomic E-state index is -0.994. The Bertz CT molecular complexity index is 1360. The van der Waals surface area contributed by atoms with E-state index in [9.17, 15) is 14.9 Å². The molecule has 7 nitrogen and oxygen atoms in total. The van der Waals surface area contributed by atoms with E-state index in [-0.39, 0.29) is 17.7 Å². The van der Waals surface area contributed by atoms with Gasteiger partial charge in [0.15, 0.2) is 11.5 Å². The lowest BCUT2D eigenvalue weighted by atomic mass is 10.1. The molecule has 0 aliphatic heterocycles. The number of hydrogen-bond donors (Lipinski definition) is 2. The number of halogens is 1. The highest BCUT2D eigenvalue weighted by atomic mass is 79.9. The molecule has 3 aromatic rings. The van der Waals surface area contributed by atoms with Gasteiger partial charge < -0.3 is 19.9 Å². The van der Waals surface area contributed by atoms with E-state index in [4.69, 9.17) is 14.6 Å². The van der Waals surface area contributed by atoms with Gasteiger partial charge in [-0.2, -0.15) is 5.26 Å². The summed E-state index contributed by atoms with van der Waals surface area (Å²) in [5.74, 6) is -0.617. The number of aromatic carboxylic acids is 1. The summed E-state index contributed by atoms with van der Waals surface area (Å²) in [4.78, 5) is 23.8. The van der Waals surface area contributed by atoms with Gasteiger partial charge in [-0.05, 0) is 101 Å². The van der Waals surface area contributed by atoms with Crippen molar-refractivity contribution >= 4 is 39.6 Å². The molecule has 0 heterocycles. The molecule has 0 atom stereocenters. The second-order valence-corrected chi connectivity index (χ2v) is 8.83. The number of nitriles is 1. The number of aryl methyl sites for hydroxylation is 2. The molecule has 0 aliphatic rings. The molecule has 3 rings (SSSR count). The van der Waals surface area contributed by atoms with Crippen LogP contribution in [-0.2, 0) is 11.4 Å². The van der Waals surface area contributed by atoms with Gasteiger partial charge in [-0.3, -0.25) is 4.79 Å². The Hall–Kier alpha value is -4.09. The first-order valence-corrected chi connectivity index (χ1v) is 11.9. The summed E-state index contributed by atoms with van der Waals surface area (Å²) in [6, 6.07) is 17.3. The third-order valence-corrected chi connectivity index (χ3v) is 5.95. The van der Waals surface area contributed by atoms with Gasteiger partial charge in [-0.1, -0.05) is 18.2 Å². The predicted molar refractivity (Wildman–Crippen MR) is 141 cm³/mol. The maximum atomic E-state index is 12.7. The zero-order valence-corrected chi connectivity index (χ0v) is 21.7. The summed E-state index contributed by atoms with van der Waals surface area (Å²) in [6.07, 6.45) is 1.48. The van der Waals surface area contributed by atoms with Crippen molar-refractivity contribution in [3.63, 3.8) is 0 Å². The first-order valence-electron chi connectivity index (χ1n) is 11.1. The standard InChI is InChI=1S/C28H25BrN2O5/c1-4-35-25-14-20(12-22(15-30)27(32)31-23-10-5-17(2)18(3)11-23)13-24(29)26(25)36-16-19-6-8-21(9-7-19)28(33)34/h5-14H,4,16H2,1-3H3,(H,31,32)(H,33,34)/b22-12+. The highest BCUT2D eigenvalue weighted by molar-refractivity contribution is 9.10. The summed E-state index contributed by atoms with van der Waals surface area (Å²) in [5, 5.41) is 21.4. The van der Waals surface area contributed by atoms with Gasteiger partial charge in [0.05, 0.1) is 16.6 Å². The first kappa shape index (κ1) is 26.5. The SMILES string of the molecule is CCOc1cc(/C=C(\C#N)C(=O)Nc2ccc(C)c(C)c2)cc(Br)c1OCc1ccc(C(=O)O)cc1. The molecule has 0 aromatic heterocycles. The molecule has 0 radical (unpaired) electrons. The Balaban J connectivity index is 1.82. The number of amides is 1. The highest BCUT2D eigenvalue weighted by Gasteiger charge is 2.15. The maximum absolute atomic E-state index is 12.7. The molecule has 0 saturated carbocycles. The number of anilines is 1. The molecule has 0 unspecified atom stereocenters. The third-order valence-electron chi connectivity index (χ3n) is 5.36. The van der Waals surface area contributed by atoms with Crippen molar-refractivity contribution in [2.45, 2.75) is 27.4 Å². The van der Waals surface area contributed by atoms with Gasteiger partial charge in [0.1, 0.15) is 18.2 Å². The normalized spacial score (nSPS) is 10.9. The second-order valence-electron chi connectivity index (χ2n) is 7.98. The molecule has 0 spiro atoms. The fourth-order valence-corrected chi connectivity index (χ4v) is 3.88. The van der Waals surface area contributed by atoms with Crippen LogP contribution in [0.2, 0.25) is 0 Å². The number of carboxylic acids is 1. The van der Waals surface area contributed by atoms with E-state index < -0.39 is 11.9 Å². The lowest BCUT2D eigenvalue weighted by molar-refractivity contribution is -0.112. The minimum Gasteiger partial charge on any atom is -0.490 e. The van der Waals surface area contributed by atoms with Gasteiger partial charge in [-0.25, -0.2) is 4.79 Å². The zero-order chi connectivity index (χ0) is 26.2. The molecule has 3 aromatic carbocycles. The van der Waals surface area contributed by atoms with E-state index in [0.717, 1.165) is 16.7 Å². The number of carbonyl (C=O) groups excluding carboxylic acids is 1. The number of benzene rings is 3. The quantitative estimate of drug-likeness (QED) is 0.240. The lowest BCUT2D eigenvalue weighted by Gasteiger charge is -2.15. The van der Waals surface area contributed by atoms with Crippen molar-refractivity contribution in [1.82, 2.24) is 0 Å². The van der Waals surface area contributed by atoms with Gasteiger partial charge in [0.25, 0.3) is 5.91 Å². The average molecular weight is 549 g/mol. The zero-order valence-electron chi connectivity index (χ0n) is 20.1. The predicted octanol–water partition coefficient (Wildman–Crippen LogP) is 6.29. The Morgan fingerprint density at radius 3 is 2.39 bits per heavy atom. The maximum Gasteiger partial charge on any atom is 0.335 e. The van der Waals surface area contributed by atoms with Crippen molar-refractivity contribution in [3.05, 3.63) is 92.5 Å². The van der Waals surface area contributed by atoms with Crippen LogP contribution in [0.5, 0.6) is 11.5 Å². The summed E-state index contributed by atoms with van der Waals surface area (Å²) in [7, 11) is 0. The molecule has 1 amide bonds. The topological polar surface area (TPSA) is 109 Å². The van der Waals surface area contributed by atoms with E-state index in [1.54, 1.807) is 30.3 Å². The van der Waals surface area contributed by atoms with Crippen LogP contribution in [0, 0.1) is 25.2 Å². The van der Waals surface area contributed by atoms with Crippen molar-refractivity contribution in [3.8, 4) is 17.6 Å². The molecule has 2 N–H and O–H groups in total. The van der Waals surface area contributed by atoms with E-state index in [1.165, 1.54) is 18.2 Å². The largest absolute Gasteiger partial charge is 0.490 e. The van der Waals surface area contributed by atoms with Crippen LogP contribution in [0.3, 0.4) is 0 Å². The lowest BCUT2D eigenvalue weighted by Crippen LogP contribution is -2.13. The van der Waals surface area contributed by atoms with Gasteiger partial charge in [-0.15, -0.1) is 0 Å². The van der Waals surface area contributed by atoms with Crippen molar-refractivity contribution < 1.29 is 24.2 Å². The van der Waals surface area contributed by atoms with Crippen LogP contribution in [0.25, 0.3) is 6.08 Å². The third kappa shape index (κ3) is 6.74. The summed E-state index contributed by atoms with van der Waals surface area (Å²) in [6.45, 7) is 6.34. The number of carboxylic acid groups (broad SMARTS) is 1. The summed E-state index contributed by atoms with van der Waals surface area (Å²) in [5.41, 5.74) is 4.26. The molecular weight excluding hydrogens is 524 g/mol. The van der Waals surface area contributed by atoms with Crippen LogP contribution in [0.15, 0.2) is 64.6 Å². The summed E-state index contributed by atoms with van der Waals surface area (Å²) < 4.78 is 12.3. The van der Waals surface area contributed by atoms with Gasteiger partial charge >= 0.3 is 5.97 Å². The van der Waals surface area contributed by atoms with Gasteiger partial charge in [0.2, 0.25) is 0 Å². The number of rotatable bonds is 9. The van der Waals surface area contributed by atoms with Crippen molar-refractivity contribution in [2.24, 2.45) is 0 Å². The van der Waals surface area contributed by atoms with Crippen LogP contribution >= 0.6 is 15.9 Å². The number of nitrogens with zero attached hydrogens (tertiary/aromatic N) is 1. The fraction of sp³-hybridized carbons (Fsp3) is 0.179. The Morgan fingerprint density at radius 2 is 1.78 bits per heavy atom. The number of ether oxygens (including phenoxy) is 2. The van der Waals surface area contributed by atoms with E-state index in [1.807, 2.05) is 39.0 Å². The van der Waals surface area contributed by atoms with Crippen LogP contribution in [-0.4, -0.2) is 23.6 Å². The highest BCUT2D eigenvalue weighted by Crippen LogP contribution is 2.38. The van der Waals surface area contributed by atoms with Crippen LogP contribution in [0.4, 0.5) is 5.69 Å². The molecular formula is C28H25BrN2O5. The molecule has 0 bridgehead atoms. The van der Waals surface area contributed by atoms with Gasteiger partial charge in [0, 0.05) is 5.69 Å². The minimum absolute atomic E-state index is 0.0604. The molecule has 0 aliphatic carbocycles. The Kier molecular flexibility index (Phi) is 8.87. The second kappa shape index (κ2) is 12.0. The number of hydrogen-bond acceptors (Lipinski definition) is 5. The van der Waals surface area contributed by atoms with Crippen molar-refractivity contribution in [2.75, 3.05) is 11.9 Å². The Labute approximate surface area is 218 Å². The van der Waals surface area contributed by atoms with E-state index in [0.29, 0.717) is 33.8 Å². The number of nitrogens with one attached hydrogen (secondary N) is 1. The van der Waals surface area contributed by atoms with Crippen LogP contribution < -0.4 is 14.8 Å². The van der Waals surface area contributed by atoms with E-state index >= 15 is 0 Å².